The summed E-state index contributed by atoms with van der Waals surface area (Å²) in [6, 6.07) is 11.8. The highest BCUT2D eigenvalue weighted by molar-refractivity contribution is 5.75. The predicted octanol–water partition coefficient (Wildman–Crippen LogP) is 5.21. The molecule has 3 rings (SSSR count). The summed E-state index contributed by atoms with van der Waals surface area (Å²) < 4.78 is 11.5. The number of ketones is 1. The summed E-state index contributed by atoms with van der Waals surface area (Å²) in [7, 11) is 0. The molecule has 26 heavy (non-hydrogen) atoms. The number of carbonyl (C=O) groups excluding carboxylic acids is 1. The molecule has 2 aromatic rings. The summed E-state index contributed by atoms with van der Waals surface area (Å²) >= 11 is 0. The fraction of sp³-hybridized carbons (Fsp3) is 0.455. The van der Waals surface area contributed by atoms with Crippen LogP contribution in [0.15, 0.2) is 42.6 Å². The van der Waals surface area contributed by atoms with Gasteiger partial charge in [0.25, 0.3) is 0 Å². The van der Waals surface area contributed by atoms with Crippen molar-refractivity contribution in [3.05, 3.63) is 48.2 Å². The van der Waals surface area contributed by atoms with Crippen molar-refractivity contribution in [2.24, 2.45) is 11.8 Å². The second-order valence-corrected chi connectivity index (χ2v) is 7.38. The van der Waals surface area contributed by atoms with Crippen molar-refractivity contribution in [1.29, 1.82) is 0 Å². The van der Waals surface area contributed by atoms with Gasteiger partial charge in [0.2, 0.25) is 5.88 Å². The topological polar surface area (TPSA) is 48.4 Å². The molecule has 1 saturated carbocycles. The molecule has 0 saturated heterocycles. The van der Waals surface area contributed by atoms with E-state index in [4.69, 9.17) is 9.47 Å². The van der Waals surface area contributed by atoms with Crippen LogP contribution in [-0.4, -0.2) is 17.4 Å². The van der Waals surface area contributed by atoms with E-state index in [9.17, 15) is 4.79 Å². The highest BCUT2D eigenvalue weighted by Gasteiger charge is 2.22. The third-order valence-corrected chi connectivity index (χ3v) is 4.59. The van der Waals surface area contributed by atoms with Crippen molar-refractivity contribution >= 4 is 5.78 Å². The van der Waals surface area contributed by atoms with Crippen molar-refractivity contribution < 1.29 is 14.3 Å². The van der Waals surface area contributed by atoms with Gasteiger partial charge in [-0.3, -0.25) is 0 Å². The lowest BCUT2D eigenvalue weighted by atomic mass is 9.97. The summed E-state index contributed by atoms with van der Waals surface area (Å²) in [6.45, 7) is 4.55. The number of aromatic nitrogens is 1. The number of carbonyl (C=O) groups is 1. The minimum atomic E-state index is 0.263. The smallest absolute Gasteiger partial charge is 0.213 e. The number of hydrogen-bond acceptors (Lipinski definition) is 4. The highest BCUT2D eigenvalue weighted by atomic mass is 16.5. The van der Waals surface area contributed by atoms with Crippen molar-refractivity contribution in [3.8, 4) is 17.4 Å². The molecular formula is C22H27NO3. The Morgan fingerprint density at radius 2 is 1.88 bits per heavy atom. The van der Waals surface area contributed by atoms with E-state index in [2.05, 4.69) is 24.0 Å². The minimum Gasteiger partial charge on any atom is -0.477 e. The summed E-state index contributed by atoms with van der Waals surface area (Å²) in [5.41, 5.74) is 1.26. The molecule has 0 aliphatic heterocycles. The molecule has 0 radical (unpaired) electrons. The molecule has 0 N–H and O–H groups in total. The third-order valence-electron chi connectivity index (χ3n) is 4.59. The first-order chi connectivity index (χ1) is 12.6. The first kappa shape index (κ1) is 18.4. The van der Waals surface area contributed by atoms with Gasteiger partial charge in [0.05, 0.1) is 12.8 Å². The lowest BCUT2D eigenvalue weighted by Crippen LogP contribution is -2.03. The van der Waals surface area contributed by atoms with Gasteiger partial charge in [-0.15, -0.1) is 0 Å². The van der Waals surface area contributed by atoms with Crippen LogP contribution in [0.1, 0.15) is 45.1 Å². The third kappa shape index (κ3) is 6.17. The zero-order valence-corrected chi connectivity index (χ0v) is 15.6. The minimum absolute atomic E-state index is 0.263. The van der Waals surface area contributed by atoms with E-state index in [1.165, 1.54) is 18.4 Å². The van der Waals surface area contributed by atoms with Gasteiger partial charge in [-0.05, 0) is 68.2 Å². The van der Waals surface area contributed by atoms with Crippen molar-refractivity contribution in [3.63, 3.8) is 0 Å². The molecule has 1 atom stereocenters. The van der Waals surface area contributed by atoms with E-state index in [1.807, 2.05) is 24.3 Å². The predicted molar refractivity (Wildman–Crippen MR) is 102 cm³/mol. The molecular weight excluding hydrogens is 326 g/mol. The van der Waals surface area contributed by atoms with Crippen LogP contribution in [0.5, 0.6) is 17.4 Å². The van der Waals surface area contributed by atoms with E-state index in [-0.39, 0.29) is 5.78 Å². The Labute approximate surface area is 155 Å². The van der Waals surface area contributed by atoms with E-state index < -0.39 is 0 Å². The number of ether oxygens (including phenoxy) is 2. The SMILES string of the molecule is CC(=O)CC(C)CCc1ccc(Oc2ccc(OCC3CC3)nc2)cc1. The van der Waals surface area contributed by atoms with Gasteiger partial charge < -0.3 is 14.3 Å². The molecule has 1 aromatic heterocycles. The Hall–Kier alpha value is -2.36. The number of nitrogens with zero attached hydrogens (tertiary/aromatic N) is 1. The molecule has 1 unspecified atom stereocenters. The van der Waals surface area contributed by atoms with Crippen LogP contribution in [0.25, 0.3) is 0 Å². The number of rotatable bonds is 10. The Kier molecular flexibility index (Phi) is 6.26. The average molecular weight is 353 g/mol. The number of aryl methyl sites for hydroxylation is 1. The molecule has 4 heteroatoms. The van der Waals surface area contributed by atoms with Crippen LogP contribution in [-0.2, 0) is 11.2 Å². The fourth-order valence-corrected chi connectivity index (χ4v) is 2.87. The molecule has 1 fully saturated rings. The van der Waals surface area contributed by atoms with Crippen LogP contribution in [0.4, 0.5) is 0 Å². The van der Waals surface area contributed by atoms with Gasteiger partial charge >= 0.3 is 0 Å². The summed E-state index contributed by atoms with van der Waals surface area (Å²) in [5.74, 6) is 3.55. The first-order valence-electron chi connectivity index (χ1n) is 9.43. The van der Waals surface area contributed by atoms with Gasteiger partial charge in [-0.25, -0.2) is 4.98 Å². The van der Waals surface area contributed by atoms with Gasteiger partial charge in [-0.1, -0.05) is 19.1 Å². The van der Waals surface area contributed by atoms with Crippen molar-refractivity contribution in [2.75, 3.05) is 6.61 Å². The van der Waals surface area contributed by atoms with Crippen LogP contribution < -0.4 is 9.47 Å². The van der Waals surface area contributed by atoms with Gasteiger partial charge in [0, 0.05) is 12.5 Å². The number of pyridine rings is 1. The van der Waals surface area contributed by atoms with E-state index >= 15 is 0 Å². The fourth-order valence-electron chi connectivity index (χ4n) is 2.87. The van der Waals surface area contributed by atoms with Gasteiger partial charge in [0.15, 0.2) is 0 Å². The summed E-state index contributed by atoms with van der Waals surface area (Å²) in [6.07, 6.45) is 6.89. The molecule has 1 aliphatic rings. The molecule has 1 aliphatic carbocycles. The lowest BCUT2D eigenvalue weighted by molar-refractivity contribution is -0.117. The normalized spacial score (nSPS) is 14.7. The zero-order chi connectivity index (χ0) is 18.4. The highest BCUT2D eigenvalue weighted by Crippen LogP contribution is 2.29. The molecule has 1 aromatic carbocycles. The largest absolute Gasteiger partial charge is 0.477 e. The van der Waals surface area contributed by atoms with Crippen LogP contribution in [0, 0.1) is 11.8 Å². The molecule has 4 nitrogen and oxygen atoms in total. The van der Waals surface area contributed by atoms with Crippen molar-refractivity contribution in [2.45, 2.75) is 46.0 Å². The quantitative estimate of drug-likeness (QED) is 0.588. The summed E-state index contributed by atoms with van der Waals surface area (Å²) in [4.78, 5) is 15.4. The number of hydrogen-bond donors (Lipinski definition) is 0. The standard InChI is InChI=1S/C22H27NO3/c1-16(13-17(2)24)3-4-18-7-9-20(10-8-18)26-21-11-12-22(23-14-21)25-15-19-5-6-19/h7-12,14,16,19H,3-6,13,15H2,1-2H3. The maximum atomic E-state index is 11.1. The Bertz CT molecular complexity index is 705. The molecule has 138 valence electrons. The maximum Gasteiger partial charge on any atom is 0.213 e. The number of benzene rings is 1. The zero-order valence-electron chi connectivity index (χ0n) is 15.6. The Morgan fingerprint density at radius 3 is 2.50 bits per heavy atom. The average Bonchev–Trinajstić information content (AvgIpc) is 3.44. The molecule has 0 bridgehead atoms. The van der Waals surface area contributed by atoms with E-state index in [0.29, 0.717) is 24.0 Å². The molecule has 1 heterocycles. The van der Waals surface area contributed by atoms with Crippen LogP contribution >= 0.6 is 0 Å². The first-order valence-corrected chi connectivity index (χ1v) is 9.43. The van der Waals surface area contributed by atoms with Crippen molar-refractivity contribution in [1.82, 2.24) is 4.98 Å². The lowest BCUT2D eigenvalue weighted by Gasteiger charge is -2.10. The van der Waals surface area contributed by atoms with E-state index in [0.717, 1.165) is 31.1 Å². The van der Waals surface area contributed by atoms with Crippen LogP contribution in [0.3, 0.4) is 0 Å². The molecule has 0 amide bonds. The maximum absolute atomic E-state index is 11.1. The monoisotopic (exact) mass is 353 g/mol. The second-order valence-electron chi connectivity index (χ2n) is 7.38. The Morgan fingerprint density at radius 1 is 1.15 bits per heavy atom. The summed E-state index contributed by atoms with van der Waals surface area (Å²) in [5, 5.41) is 0. The van der Waals surface area contributed by atoms with E-state index in [1.54, 1.807) is 13.1 Å². The second kappa shape index (κ2) is 8.84. The molecule has 0 spiro atoms. The number of Topliss-reactive ketones (excluding diaryl/α,β-unsaturated/α-hetero) is 1. The van der Waals surface area contributed by atoms with Gasteiger partial charge in [-0.2, -0.15) is 0 Å². The van der Waals surface area contributed by atoms with Gasteiger partial charge in [0.1, 0.15) is 17.3 Å². The van der Waals surface area contributed by atoms with Crippen LogP contribution in [0.2, 0.25) is 0 Å². The Balaban J connectivity index is 1.46.